The van der Waals surface area contributed by atoms with Gasteiger partial charge in [0.15, 0.2) is 0 Å². The number of nitrogens with one attached hydrogen (secondary N) is 3. The molecule has 0 aliphatic carbocycles. The molecule has 1 unspecified atom stereocenters. The molecule has 1 aliphatic heterocycles. The van der Waals surface area contributed by atoms with Gasteiger partial charge < -0.3 is 20.7 Å². The first kappa shape index (κ1) is 19.4. The Bertz CT molecular complexity index is 939. The standard InChI is InChI=1S/C21H23N3O4/c1-4-28-21(27)14-6-5-7-15(10-14)22-19(25)11-18-20(26)24-17-9-13(3)12(2)8-16(17)23-18/h5-10,18,23H,4,11H2,1-3H3,(H,22,25)(H,24,26). The fraction of sp³-hybridized carbons (Fsp3) is 0.286. The topological polar surface area (TPSA) is 96.5 Å². The molecule has 0 bridgehead atoms. The van der Waals surface area contributed by atoms with Crippen LogP contribution in [0.2, 0.25) is 0 Å². The Hall–Kier alpha value is -3.35. The van der Waals surface area contributed by atoms with Crippen molar-refractivity contribution in [1.82, 2.24) is 0 Å². The van der Waals surface area contributed by atoms with E-state index in [0.717, 1.165) is 16.8 Å². The minimum atomic E-state index is -0.678. The van der Waals surface area contributed by atoms with Crippen LogP contribution in [0, 0.1) is 13.8 Å². The Morgan fingerprint density at radius 3 is 2.54 bits per heavy atom. The summed E-state index contributed by atoms with van der Waals surface area (Å²) < 4.78 is 4.96. The lowest BCUT2D eigenvalue weighted by Gasteiger charge is -2.27. The molecule has 0 spiro atoms. The van der Waals surface area contributed by atoms with Crippen LogP contribution >= 0.6 is 0 Å². The molecular formula is C21H23N3O4. The number of aryl methyl sites for hydroxylation is 2. The summed E-state index contributed by atoms with van der Waals surface area (Å²) in [5.74, 6) is -1.04. The highest BCUT2D eigenvalue weighted by Crippen LogP contribution is 2.30. The number of hydrogen-bond acceptors (Lipinski definition) is 5. The van der Waals surface area contributed by atoms with Gasteiger partial charge in [0, 0.05) is 5.69 Å². The quantitative estimate of drug-likeness (QED) is 0.691. The van der Waals surface area contributed by atoms with Crippen molar-refractivity contribution in [3.8, 4) is 0 Å². The molecule has 3 N–H and O–H groups in total. The van der Waals surface area contributed by atoms with Crippen LogP contribution in [0.25, 0.3) is 0 Å². The molecule has 146 valence electrons. The van der Waals surface area contributed by atoms with Crippen molar-refractivity contribution in [1.29, 1.82) is 0 Å². The zero-order chi connectivity index (χ0) is 20.3. The molecule has 7 heteroatoms. The van der Waals surface area contributed by atoms with Gasteiger partial charge in [-0.1, -0.05) is 6.07 Å². The second kappa shape index (κ2) is 8.12. The highest BCUT2D eigenvalue weighted by atomic mass is 16.5. The molecule has 3 rings (SSSR count). The number of amides is 2. The molecule has 0 radical (unpaired) electrons. The molecule has 2 amide bonds. The molecule has 0 saturated heterocycles. The number of hydrogen-bond donors (Lipinski definition) is 3. The van der Waals surface area contributed by atoms with E-state index < -0.39 is 12.0 Å². The van der Waals surface area contributed by atoms with Crippen molar-refractivity contribution in [2.45, 2.75) is 33.2 Å². The van der Waals surface area contributed by atoms with Crippen LogP contribution < -0.4 is 16.0 Å². The lowest BCUT2D eigenvalue weighted by molar-refractivity contribution is -0.122. The summed E-state index contributed by atoms with van der Waals surface area (Å²) in [5.41, 5.74) is 4.52. The average Bonchev–Trinajstić information content (AvgIpc) is 2.64. The SMILES string of the molecule is CCOC(=O)c1cccc(NC(=O)CC2Nc3cc(C)c(C)cc3NC2=O)c1. The van der Waals surface area contributed by atoms with Crippen molar-refractivity contribution in [3.63, 3.8) is 0 Å². The Morgan fingerprint density at radius 1 is 1.11 bits per heavy atom. The van der Waals surface area contributed by atoms with E-state index in [2.05, 4.69) is 16.0 Å². The summed E-state index contributed by atoms with van der Waals surface area (Å²) in [6.45, 7) is 5.97. The number of ether oxygens (including phenoxy) is 1. The Labute approximate surface area is 163 Å². The highest BCUT2D eigenvalue weighted by molar-refractivity contribution is 6.06. The van der Waals surface area contributed by atoms with Gasteiger partial charge in [-0.3, -0.25) is 9.59 Å². The Morgan fingerprint density at radius 2 is 1.82 bits per heavy atom. The largest absolute Gasteiger partial charge is 0.462 e. The minimum absolute atomic E-state index is 0.0398. The smallest absolute Gasteiger partial charge is 0.338 e. The summed E-state index contributed by atoms with van der Waals surface area (Å²) in [6.07, 6.45) is -0.0398. The first-order valence-corrected chi connectivity index (χ1v) is 9.13. The van der Waals surface area contributed by atoms with E-state index in [4.69, 9.17) is 4.74 Å². The van der Waals surface area contributed by atoms with Crippen LogP contribution in [0.5, 0.6) is 0 Å². The summed E-state index contributed by atoms with van der Waals surface area (Å²) in [5, 5.41) is 8.70. The van der Waals surface area contributed by atoms with Gasteiger partial charge in [-0.25, -0.2) is 4.79 Å². The third kappa shape index (κ3) is 4.31. The number of rotatable bonds is 5. The number of carbonyl (C=O) groups is 3. The summed E-state index contributed by atoms with van der Waals surface area (Å²) >= 11 is 0. The van der Waals surface area contributed by atoms with Crippen molar-refractivity contribution < 1.29 is 19.1 Å². The van der Waals surface area contributed by atoms with E-state index in [9.17, 15) is 14.4 Å². The van der Waals surface area contributed by atoms with Crippen molar-refractivity contribution in [2.75, 3.05) is 22.6 Å². The molecule has 2 aromatic carbocycles. The van der Waals surface area contributed by atoms with Crippen molar-refractivity contribution in [2.24, 2.45) is 0 Å². The molecule has 1 atom stereocenters. The second-order valence-corrected chi connectivity index (χ2v) is 6.72. The van der Waals surface area contributed by atoms with Gasteiger partial charge in [-0.05, 0) is 62.2 Å². The van der Waals surface area contributed by atoms with Gasteiger partial charge in [-0.2, -0.15) is 0 Å². The Balaban J connectivity index is 1.66. The zero-order valence-electron chi connectivity index (χ0n) is 16.1. The van der Waals surface area contributed by atoms with E-state index >= 15 is 0 Å². The average molecular weight is 381 g/mol. The number of carbonyl (C=O) groups excluding carboxylic acids is 3. The van der Waals surface area contributed by atoms with Gasteiger partial charge >= 0.3 is 5.97 Å². The maximum atomic E-state index is 12.4. The number of benzene rings is 2. The maximum Gasteiger partial charge on any atom is 0.338 e. The molecule has 2 aromatic rings. The van der Waals surface area contributed by atoms with Crippen LogP contribution in [0.4, 0.5) is 17.1 Å². The summed E-state index contributed by atoms with van der Waals surface area (Å²) in [7, 11) is 0. The van der Waals surface area contributed by atoms with Gasteiger partial charge in [0.1, 0.15) is 6.04 Å². The first-order valence-electron chi connectivity index (χ1n) is 9.13. The van der Waals surface area contributed by atoms with Gasteiger partial charge in [-0.15, -0.1) is 0 Å². The first-order chi connectivity index (χ1) is 13.4. The molecular weight excluding hydrogens is 358 g/mol. The zero-order valence-corrected chi connectivity index (χ0v) is 16.1. The fourth-order valence-corrected chi connectivity index (χ4v) is 2.99. The third-order valence-electron chi connectivity index (χ3n) is 4.58. The molecule has 0 saturated carbocycles. The van der Waals surface area contributed by atoms with Crippen molar-refractivity contribution >= 4 is 34.8 Å². The van der Waals surface area contributed by atoms with Gasteiger partial charge in [0.25, 0.3) is 0 Å². The molecule has 1 heterocycles. The lowest BCUT2D eigenvalue weighted by Crippen LogP contribution is -2.41. The fourth-order valence-electron chi connectivity index (χ4n) is 2.99. The van der Waals surface area contributed by atoms with Crippen molar-refractivity contribution in [3.05, 3.63) is 53.1 Å². The summed E-state index contributed by atoms with van der Waals surface area (Å²) in [4.78, 5) is 36.6. The highest BCUT2D eigenvalue weighted by Gasteiger charge is 2.28. The van der Waals surface area contributed by atoms with E-state index in [-0.39, 0.29) is 24.8 Å². The van der Waals surface area contributed by atoms with Crippen LogP contribution in [-0.4, -0.2) is 30.4 Å². The maximum absolute atomic E-state index is 12.4. The molecule has 7 nitrogen and oxygen atoms in total. The molecule has 0 aromatic heterocycles. The van der Waals surface area contributed by atoms with Crippen LogP contribution in [0.15, 0.2) is 36.4 Å². The van der Waals surface area contributed by atoms with E-state index in [1.807, 2.05) is 26.0 Å². The monoisotopic (exact) mass is 381 g/mol. The second-order valence-electron chi connectivity index (χ2n) is 6.72. The number of esters is 1. The molecule has 0 fully saturated rings. The van der Waals surface area contributed by atoms with Gasteiger partial charge in [0.2, 0.25) is 11.8 Å². The Kier molecular flexibility index (Phi) is 5.63. The van der Waals surface area contributed by atoms with E-state index in [0.29, 0.717) is 16.9 Å². The normalized spacial score (nSPS) is 15.1. The molecule has 1 aliphatic rings. The lowest BCUT2D eigenvalue weighted by atomic mass is 10.0. The molecule has 28 heavy (non-hydrogen) atoms. The predicted octanol–water partition coefficient (Wildman–Crippen LogP) is 3.24. The van der Waals surface area contributed by atoms with Crippen LogP contribution in [-0.2, 0) is 14.3 Å². The minimum Gasteiger partial charge on any atom is -0.462 e. The number of anilines is 3. The van der Waals surface area contributed by atoms with Crippen LogP contribution in [0.1, 0.15) is 34.8 Å². The predicted molar refractivity (Wildman–Crippen MR) is 108 cm³/mol. The van der Waals surface area contributed by atoms with Gasteiger partial charge in [0.05, 0.1) is 30.0 Å². The van der Waals surface area contributed by atoms with E-state index in [1.54, 1.807) is 31.2 Å². The van der Waals surface area contributed by atoms with Crippen LogP contribution in [0.3, 0.4) is 0 Å². The summed E-state index contributed by atoms with van der Waals surface area (Å²) in [6, 6.07) is 9.69. The number of fused-ring (bicyclic) bond motifs is 1. The third-order valence-corrected chi connectivity index (χ3v) is 4.58. The van der Waals surface area contributed by atoms with E-state index in [1.165, 1.54) is 0 Å².